The lowest BCUT2D eigenvalue weighted by atomic mass is 10.1. The van der Waals surface area contributed by atoms with Crippen LogP contribution in [0.25, 0.3) is 10.9 Å². The first-order valence-electron chi connectivity index (χ1n) is 9.37. The molecule has 1 aromatic heterocycles. The number of fused-ring (bicyclic) bond motifs is 1. The van der Waals surface area contributed by atoms with Gasteiger partial charge in [0.05, 0.1) is 24.4 Å². The van der Waals surface area contributed by atoms with E-state index in [4.69, 9.17) is 14.5 Å². The summed E-state index contributed by atoms with van der Waals surface area (Å²) in [4.78, 5) is 24.1. The molecule has 0 spiro atoms. The Morgan fingerprint density at radius 1 is 0.964 bits per heavy atom. The van der Waals surface area contributed by atoms with Crippen molar-refractivity contribution < 1.29 is 14.3 Å². The summed E-state index contributed by atoms with van der Waals surface area (Å²) >= 11 is 0. The molecule has 1 saturated heterocycles. The Morgan fingerprint density at radius 3 is 2.54 bits per heavy atom. The topological polar surface area (TPSA) is 64.0 Å². The molecule has 3 heterocycles. The highest BCUT2D eigenvalue weighted by atomic mass is 16.6. The summed E-state index contributed by atoms with van der Waals surface area (Å²) in [5.74, 6) is -0.0481. The minimum Gasteiger partial charge on any atom is -0.405 e. The van der Waals surface area contributed by atoms with Crippen LogP contribution in [0.4, 0.5) is 5.69 Å². The van der Waals surface area contributed by atoms with E-state index in [2.05, 4.69) is 16.0 Å². The third kappa shape index (κ3) is 3.01. The van der Waals surface area contributed by atoms with Crippen LogP contribution >= 0.6 is 0 Å². The number of cyclic esters (lactones) is 1. The Labute approximate surface area is 162 Å². The van der Waals surface area contributed by atoms with Crippen molar-refractivity contribution in [3.05, 3.63) is 71.9 Å². The van der Waals surface area contributed by atoms with Crippen LogP contribution in [0.15, 0.2) is 65.7 Å². The Morgan fingerprint density at radius 2 is 1.71 bits per heavy atom. The zero-order valence-electron chi connectivity index (χ0n) is 15.2. The van der Waals surface area contributed by atoms with Crippen LogP contribution < -0.4 is 4.90 Å². The van der Waals surface area contributed by atoms with Crippen LogP contribution in [-0.4, -0.2) is 43.2 Å². The number of carbonyl (C=O) groups excluding carboxylic acids is 1. The van der Waals surface area contributed by atoms with E-state index in [1.807, 2.05) is 54.6 Å². The van der Waals surface area contributed by atoms with E-state index in [-0.39, 0.29) is 0 Å². The molecule has 140 valence electrons. The number of morpholine rings is 1. The largest absolute Gasteiger partial charge is 0.405 e. The quantitative estimate of drug-likeness (QED) is 0.660. The van der Waals surface area contributed by atoms with Crippen molar-refractivity contribution in [3.63, 3.8) is 0 Å². The van der Waals surface area contributed by atoms with Crippen LogP contribution in [0, 0.1) is 0 Å². The molecule has 6 heteroatoms. The standard InChI is InChI=1S/C22H19N3O3/c26-22-20(24-21(28-22)15-6-2-1-3-7-15)18-14-19(25-10-12-27-13-11-25)16-8-4-5-9-17(16)23-18/h1-9,14,20H,10-13H2. The number of benzene rings is 2. The number of pyridine rings is 1. The van der Waals surface area contributed by atoms with Crippen molar-refractivity contribution in [2.24, 2.45) is 4.99 Å². The molecule has 6 nitrogen and oxygen atoms in total. The first-order valence-corrected chi connectivity index (χ1v) is 9.37. The lowest BCUT2D eigenvalue weighted by molar-refractivity contribution is -0.135. The van der Waals surface area contributed by atoms with E-state index >= 15 is 0 Å². The van der Waals surface area contributed by atoms with Crippen LogP contribution in [0.2, 0.25) is 0 Å². The fraction of sp³-hybridized carbons (Fsp3) is 0.227. The number of rotatable bonds is 3. The first-order chi connectivity index (χ1) is 13.8. The Bertz CT molecular complexity index is 1060. The Balaban J connectivity index is 1.59. The molecular formula is C22H19N3O3. The fourth-order valence-corrected chi connectivity index (χ4v) is 3.63. The van der Waals surface area contributed by atoms with Gasteiger partial charge in [-0.05, 0) is 24.3 Å². The van der Waals surface area contributed by atoms with E-state index < -0.39 is 12.0 Å². The van der Waals surface area contributed by atoms with E-state index in [1.165, 1.54) is 0 Å². The predicted molar refractivity (Wildman–Crippen MR) is 107 cm³/mol. The number of nitrogens with zero attached hydrogens (tertiary/aromatic N) is 3. The highest BCUT2D eigenvalue weighted by Crippen LogP contribution is 2.33. The van der Waals surface area contributed by atoms with Gasteiger partial charge in [0.15, 0.2) is 6.04 Å². The molecule has 28 heavy (non-hydrogen) atoms. The maximum atomic E-state index is 12.6. The molecule has 2 aliphatic rings. The monoisotopic (exact) mass is 373 g/mol. The van der Waals surface area contributed by atoms with Gasteiger partial charge in [0, 0.05) is 29.7 Å². The van der Waals surface area contributed by atoms with Gasteiger partial charge in [-0.1, -0.05) is 36.4 Å². The molecule has 0 saturated carbocycles. The predicted octanol–water partition coefficient (Wildman–Crippen LogP) is 3.12. The van der Waals surface area contributed by atoms with E-state index in [1.54, 1.807) is 0 Å². The van der Waals surface area contributed by atoms with Crippen molar-refractivity contribution in [3.8, 4) is 0 Å². The van der Waals surface area contributed by atoms with Gasteiger partial charge in [0.25, 0.3) is 0 Å². The average molecular weight is 373 g/mol. The zero-order valence-corrected chi connectivity index (χ0v) is 15.2. The van der Waals surface area contributed by atoms with E-state index in [9.17, 15) is 4.79 Å². The third-order valence-electron chi connectivity index (χ3n) is 5.03. The highest BCUT2D eigenvalue weighted by Gasteiger charge is 2.33. The summed E-state index contributed by atoms with van der Waals surface area (Å²) in [6.45, 7) is 2.99. The van der Waals surface area contributed by atoms with E-state index in [0.29, 0.717) is 24.8 Å². The number of anilines is 1. The van der Waals surface area contributed by atoms with Gasteiger partial charge in [0.2, 0.25) is 5.90 Å². The van der Waals surface area contributed by atoms with Crippen molar-refractivity contribution in [2.75, 3.05) is 31.2 Å². The molecule has 0 radical (unpaired) electrons. The van der Waals surface area contributed by atoms with Crippen LogP contribution in [0.1, 0.15) is 17.3 Å². The minimum absolute atomic E-state index is 0.346. The summed E-state index contributed by atoms with van der Waals surface area (Å²) in [7, 11) is 0. The van der Waals surface area contributed by atoms with Crippen molar-refractivity contribution in [1.82, 2.24) is 4.98 Å². The Hall–Kier alpha value is -3.25. The van der Waals surface area contributed by atoms with Gasteiger partial charge in [-0.15, -0.1) is 0 Å². The number of ether oxygens (including phenoxy) is 2. The van der Waals surface area contributed by atoms with Crippen LogP contribution in [0.5, 0.6) is 0 Å². The van der Waals surface area contributed by atoms with Crippen molar-refractivity contribution >= 4 is 28.5 Å². The lowest BCUT2D eigenvalue weighted by Gasteiger charge is -2.30. The maximum Gasteiger partial charge on any atom is 0.344 e. The normalized spacial score (nSPS) is 19.6. The van der Waals surface area contributed by atoms with Gasteiger partial charge in [0.1, 0.15) is 0 Å². The number of hydrogen-bond donors (Lipinski definition) is 0. The van der Waals surface area contributed by atoms with Crippen molar-refractivity contribution in [2.45, 2.75) is 6.04 Å². The third-order valence-corrected chi connectivity index (χ3v) is 5.03. The molecule has 2 aromatic carbocycles. The molecule has 5 rings (SSSR count). The molecule has 1 atom stereocenters. The molecule has 0 N–H and O–H groups in total. The first kappa shape index (κ1) is 16.9. The number of aromatic nitrogens is 1. The summed E-state index contributed by atoms with van der Waals surface area (Å²) in [5.41, 5.74) is 3.29. The lowest BCUT2D eigenvalue weighted by Crippen LogP contribution is -2.36. The maximum absolute atomic E-state index is 12.6. The average Bonchev–Trinajstić information content (AvgIpc) is 3.16. The molecule has 3 aromatic rings. The van der Waals surface area contributed by atoms with Crippen LogP contribution in [-0.2, 0) is 14.3 Å². The smallest absolute Gasteiger partial charge is 0.344 e. The highest BCUT2D eigenvalue weighted by molar-refractivity contribution is 6.06. The molecule has 2 aliphatic heterocycles. The van der Waals surface area contributed by atoms with Gasteiger partial charge >= 0.3 is 5.97 Å². The summed E-state index contributed by atoms with van der Waals surface area (Å²) in [5, 5.41) is 1.06. The number of hydrogen-bond acceptors (Lipinski definition) is 6. The van der Waals surface area contributed by atoms with Gasteiger partial charge < -0.3 is 14.4 Å². The van der Waals surface area contributed by atoms with E-state index in [0.717, 1.165) is 35.2 Å². The number of carbonyl (C=O) groups is 1. The zero-order chi connectivity index (χ0) is 18.9. The Kier molecular flexibility index (Phi) is 4.25. The number of para-hydroxylation sites is 1. The molecular weight excluding hydrogens is 354 g/mol. The summed E-state index contributed by atoms with van der Waals surface area (Å²) in [6, 6.07) is 18.6. The number of esters is 1. The van der Waals surface area contributed by atoms with Gasteiger partial charge in [-0.25, -0.2) is 14.8 Å². The molecule has 0 amide bonds. The second-order valence-corrected chi connectivity index (χ2v) is 6.81. The van der Waals surface area contributed by atoms with Gasteiger partial charge in [-0.3, -0.25) is 0 Å². The number of aliphatic imine (C=N–C) groups is 1. The van der Waals surface area contributed by atoms with Crippen LogP contribution in [0.3, 0.4) is 0 Å². The second-order valence-electron chi connectivity index (χ2n) is 6.81. The second kappa shape index (κ2) is 7.05. The molecule has 1 unspecified atom stereocenters. The SMILES string of the molecule is O=C1OC(c2ccccc2)=NC1c1cc(N2CCOCC2)c2ccccc2n1. The molecule has 0 bridgehead atoms. The minimum atomic E-state index is -0.750. The van der Waals surface area contributed by atoms with Gasteiger partial charge in [-0.2, -0.15) is 0 Å². The molecule has 0 aliphatic carbocycles. The summed E-state index contributed by atoms with van der Waals surface area (Å²) < 4.78 is 10.9. The fourth-order valence-electron chi connectivity index (χ4n) is 3.63. The summed E-state index contributed by atoms with van der Waals surface area (Å²) in [6.07, 6.45) is 0. The van der Waals surface area contributed by atoms with Crippen molar-refractivity contribution in [1.29, 1.82) is 0 Å². The molecule has 1 fully saturated rings.